The molecule has 2 heterocycles. The lowest BCUT2D eigenvalue weighted by atomic mass is 9.99. The van der Waals surface area contributed by atoms with E-state index in [0.29, 0.717) is 60.1 Å². The van der Waals surface area contributed by atoms with Gasteiger partial charge in [0.05, 0.1) is 26.4 Å². The lowest BCUT2D eigenvalue weighted by molar-refractivity contribution is 0.101. The van der Waals surface area contributed by atoms with Crippen LogP contribution in [-0.4, -0.2) is 64.4 Å². The zero-order chi connectivity index (χ0) is 31.0. The van der Waals surface area contributed by atoms with E-state index in [0.717, 1.165) is 37.6 Å². The zero-order valence-electron chi connectivity index (χ0n) is 24.9. The number of benzene rings is 4. The van der Waals surface area contributed by atoms with E-state index in [-0.39, 0.29) is 11.8 Å². The Bertz CT molecular complexity index is 1480. The van der Waals surface area contributed by atoms with E-state index in [1.54, 1.807) is 48.5 Å². The lowest BCUT2D eigenvalue weighted by Crippen LogP contribution is -2.36. The number of hydrogen-bond acceptors (Lipinski definition) is 8. The third-order valence-electron chi connectivity index (χ3n) is 8.09. The van der Waals surface area contributed by atoms with Gasteiger partial charge in [-0.25, -0.2) is 0 Å². The summed E-state index contributed by atoms with van der Waals surface area (Å²) in [6, 6.07) is 28.5. The maximum atomic E-state index is 12.8. The molecule has 230 valence electrons. The number of carbonyl (C=O) groups is 2. The summed E-state index contributed by atoms with van der Waals surface area (Å²) in [6.07, 6.45) is 0. The van der Waals surface area contributed by atoms with Gasteiger partial charge in [-0.15, -0.1) is 4.91 Å². The minimum atomic E-state index is -0.736. The Hall–Kier alpha value is -5.06. The summed E-state index contributed by atoms with van der Waals surface area (Å²) in [7, 11) is 0. The van der Waals surface area contributed by atoms with Crippen molar-refractivity contribution in [2.45, 2.75) is 6.04 Å². The molecular formula is C35H35N5O5. The second-order valence-electron chi connectivity index (χ2n) is 11.0. The Balaban J connectivity index is 1.04. The van der Waals surface area contributed by atoms with Gasteiger partial charge in [-0.2, -0.15) is 0 Å². The molecule has 6 rings (SSSR count). The van der Waals surface area contributed by atoms with Crippen LogP contribution in [0, 0.1) is 4.91 Å². The van der Waals surface area contributed by atoms with Gasteiger partial charge in [0.2, 0.25) is 0 Å². The van der Waals surface area contributed by atoms with Gasteiger partial charge in [0.25, 0.3) is 11.8 Å². The molecule has 0 aliphatic carbocycles. The van der Waals surface area contributed by atoms with E-state index in [1.807, 2.05) is 48.5 Å². The second kappa shape index (κ2) is 14.1. The molecule has 2 aliphatic heterocycles. The van der Waals surface area contributed by atoms with Gasteiger partial charge in [-0.1, -0.05) is 29.4 Å². The molecule has 4 aromatic rings. The van der Waals surface area contributed by atoms with Crippen molar-refractivity contribution in [3.05, 3.63) is 124 Å². The van der Waals surface area contributed by atoms with Crippen molar-refractivity contribution in [1.29, 1.82) is 0 Å². The van der Waals surface area contributed by atoms with E-state index >= 15 is 0 Å². The van der Waals surface area contributed by atoms with Crippen molar-refractivity contribution in [1.82, 2.24) is 0 Å². The number of hydrogen-bond donors (Lipinski definition) is 2. The third kappa shape index (κ3) is 7.36. The van der Waals surface area contributed by atoms with Crippen LogP contribution < -0.4 is 20.4 Å². The predicted octanol–water partition coefficient (Wildman–Crippen LogP) is 5.72. The van der Waals surface area contributed by atoms with E-state index in [2.05, 4.69) is 25.6 Å². The van der Waals surface area contributed by atoms with Crippen molar-refractivity contribution < 1.29 is 19.1 Å². The Morgan fingerprint density at radius 3 is 1.24 bits per heavy atom. The molecule has 2 N–H and O–H groups in total. The molecule has 10 heteroatoms. The number of rotatable bonds is 9. The molecule has 45 heavy (non-hydrogen) atoms. The number of morpholine rings is 2. The number of nitroso groups, excluding NO2 is 1. The largest absolute Gasteiger partial charge is 0.378 e. The predicted molar refractivity (Wildman–Crippen MR) is 175 cm³/mol. The quantitative estimate of drug-likeness (QED) is 0.235. The first kappa shape index (κ1) is 30.0. The first-order chi connectivity index (χ1) is 22.1. The summed E-state index contributed by atoms with van der Waals surface area (Å²) in [6.45, 7) is 6.15. The monoisotopic (exact) mass is 605 g/mol. The Morgan fingerprint density at radius 2 is 0.911 bits per heavy atom. The average molecular weight is 606 g/mol. The fourth-order valence-electron chi connectivity index (χ4n) is 5.51. The highest BCUT2D eigenvalue weighted by Crippen LogP contribution is 2.28. The summed E-state index contributed by atoms with van der Waals surface area (Å²) in [5.74, 6) is -0.431. The van der Waals surface area contributed by atoms with Crippen molar-refractivity contribution in [3.8, 4) is 0 Å². The van der Waals surface area contributed by atoms with Gasteiger partial charge in [0.1, 0.15) is 6.04 Å². The molecule has 2 amide bonds. The van der Waals surface area contributed by atoms with Gasteiger partial charge in [-0.05, 0) is 83.9 Å². The fourth-order valence-corrected chi connectivity index (χ4v) is 5.51. The van der Waals surface area contributed by atoms with Gasteiger partial charge in [0, 0.05) is 60.1 Å². The number of amides is 2. The van der Waals surface area contributed by atoms with Crippen molar-refractivity contribution in [2.24, 2.45) is 5.18 Å². The van der Waals surface area contributed by atoms with Crippen LogP contribution in [0.1, 0.15) is 37.9 Å². The molecule has 2 saturated heterocycles. The van der Waals surface area contributed by atoms with Crippen molar-refractivity contribution >= 4 is 34.6 Å². The molecule has 0 aromatic heterocycles. The normalized spacial score (nSPS) is 15.0. The first-order valence-electron chi connectivity index (χ1n) is 15.1. The Morgan fingerprint density at radius 1 is 0.556 bits per heavy atom. The van der Waals surface area contributed by atoms with Crippen molar-refractivity contribution in [2.75, 3.05) is 73.0 Å². The maximum Gasteiger partial charge on any atom is 0.255 e. The van der Waals surface area contributed by atoms with Gasteiger partial charge < -0.3 is 29.9 Å². The van der Waals surface area contributed by atoms with Crippen LogP contribution in [0.25, 0.3) is 0 Å². The topological polar surface area (TPSA) is 113 Å². The molecule has 0 radical (unpaired) electrons. The lowest BCUT2D eigenvalue weighted by Gasteiger charge is -2.28. The van der Waals surface area contributed by atoms with Gasteiger partial charge in [-0.3, -0.25) is 9.59 Å². The Labute approximate surface area is 261 Å². The van der Waals surface area contributed by atoms with Crippen LogP contribution in [0.3, 0.4) is 0 Å². The summed E-state index contributed by atoms with van der Waals surface area (Å²) < 4.78 is 10.8. The molecule has 0 unspecified atom stereocenters. The number of anilines is 4. The third-order valence-corrected chi connectivity index (χ3v) is 8.09. The Kier molecular flexibility index (Phi) is 9.43. The average Bonchev–Trinajstić information content (AvgIpc) is 3.11. The smallest absolute Gasteiger partial charge is 0.255 e. The molecule has 0 bridgehead atoms. The molecule has 2 aliphatic rings. The number of carbonyl (C=O) groups excluding carboxylic acids is 2. The molecule has 2 fully saturated rings. The molecule has 10 nitrogen and oxygen atoms in total. The second-order valence-corrected chi connectivity index (χ2v) is 11.0. The maximum absolute atomic E-state index is 12.8. The summed E-state index contributed by atoms with van der Waals surface area (Å²) in [4.78, 5) is 42.0. The van der Waals surface area contributed by atoms with Gasteiger partial charge >= 0.3 is 0 Å². The molecule has 0 spiro atoms. The number of nitrogens with one attached hydrogen (secondary N) is 2. The molecule has 4 aromatic carbocycles. The minimum absolute atomic E-state index is 0.216. The molecule has 0 saturated carbocycles. The van der Waals surface area contributed by atoms with E-state index in [1.165, 1.54) is 0 Å². The summed E-state index contributed by atoms with van der Waals surface area (Å²) in [5, 5.41) is 9.17. The standard InChI is InChI=1S/C35H35N5O5/c41-34(27-5-13-31(14-6-27)39-17-21-44-22-18-39)36-29-9-1-25(2-10-29)33(38-43)26-3-11-30(12-4-26)37-35(42)28-7-15-32(16-8-28)40-19-23-45-24-20-40/h1-16,33H,17-24H2,(H,36,41)(H,37,42). The fraction of sp³-hybridized carbons (Fsp3) is 0.257. The van der Waals surface area contributed by atoms with Gasteiger partial charge in [0.15, 0.2) is 0 Å². The highest BCUT2D eigenvalue weighted by Gasteiger charge is 2.17. The summed E-state index contributed by atoms with van der Waals surface area (Å²) in [5.41, 5.74) is 5.85. The van der Waals surface area contributed by atoms with Crippen LogP contribution in [0.2, 0.25) is 0 Å². The zero-order valence-corrected chi connectivity index (χ0v) is 24.9. The van der Waals surface area contributed by atoms with Crippen LogP contribution >= 0.6 is 0 Å². The highest BCUT2D eigenvalue weighted by molar-refractivity contribution is 6.05. The molecule has 0 atom stereocenters. The summed E-state index contributed by atoms with van der Waals surface area (Å²) >= 11 is 0. The van der Waals surface area contributed by atoms with E-state index in [4.69, 9.17) is 9.47 Å². The van der Waals surface area contributed by atoms with Crippen LogP contribution in [0.5, 0.6) is 0 Å². The SMILES string of the molecule is O=NC(c1ccc(NC(=O)c2ccc(N3CCOCC3)cc2)cc1)c1ccc(NC(=O)c2ccc(N3CCOCC3)cc2)cc1. The molecular weight excluding hydrogens is 570 g/mol. The van der Waals surface area contributed by atoms with Crippen LogP contribution in [0.15, 0.2) is 102 Å². The highest BCUT2D eigenvalue weighted by atomic mass is 16.5. The number of nitrogens with zero attached hydrogens (tertiary/aromatic N) is 3. The van der Waals surface area contributed by atoms with Crippen LogP contribution in [-0.2, 0) is 9.47 Å². The first-order valence-corrected chi connectivity index (χ1v) is 15.1. The van der Waals surface area contributed by atoms with Crippen molar-refractivity contribution in [3.63, 3.8) is 0 Å². The van der Waals surface area contributed by atoms with Crippen LogP contribution in [0.4, 0.5) is 22.7 Å². The van der Waals surface area contributed by atoms with E-state index < -0.39 is 6.04 Å². The number of ether oxygens (including phenoxy) is 2. The van der Waals surface area contributed by atoms with E-state index in [9.17, 15) is 14.5 Å². The minimum Gasteiger partial charge on any atom is -0.378 e.